The molecule has 1 aliphatic heterocycles. The van der Waals surface area contributed by atoms with Crippen LogP contribution in [0.2, 0.25) is 0 Å². The molecule has 2 aromatic heterocycles. The number of imidazole rings is 1. The summed E-state index contributed by atoms with van der Waals surface area (Å²) in [7, 11) is 0. The molecule has 0 amide bonds. The summed E-state index contributed by atoms with van der Waals surface area (Å²) in [6.45, 7) is 8.15. The Labute approximate surface area is 167 Å². The summed E-state index contributed by atoms with van der Waals surface area (Å²) in [6.07, 6.45) is 9.45. The molecule has 1 aliphatic rings. The minimum absolute atomic E-state index is 0.839. The topological polar surface area (TPSA) is 37.4 Å². The van der Waals surface area contributed by atoms with Gasteiger partial charge in [-0.3, -0.25) is 4.90 Å². The van der Waals surface area contributed by atoms with Gasteiger partial charge >= 0.3 is 0 Å². The molecule has 148 valence electrons. The number of hydrogen-bond donors (Lipinski definition) is 0. The Morgan fingerprint density at radius 1 is 1.07 bits per heavy atom. The van der Waals surface area contributed by atoms with Crippen LogP contribution in [0.1, 0.15) is 36.3 Å². The van der Waals surface area contributed by atoms with Gasteiger partial charge in [-0.25, -0.2) is 4.98 Å². The first-order valence-corrected chi connectivity index (χ1v) is 10.3. The van der Waals surface area contributed by atoms with Crippen LogP contribution in [0.4, 0.5) is 5.69 Å². The van der Waals surface area contributed by atoms with E-state index in [0.29, 0.717) is 0 Å². The Balaban J connectivity index is 1.46. The minimum Gasteiger partial charge on any atom is -0.465 e. The van der Waals surface area contributed by atoms with E-state index < -0.39 is 0 Å². The molecular formula is C23H30N4O. The molecule has 0 atom stereocenters. The standard InChI is InChI=1S/C23H30N4O/c1-20-9-10-22(28-20)18-26(13-6-12-25-16-11-24-19-25)17-21-7-2-3-8-23(21)27-14-4-5-15-27/h2-3,7-11,16,19H,4-6,12-15,17-18H2,1H3. The molecule has 1 saturated heterocycles. The summed E-state index contributed by atoms with van der Waals surface area (Å²) in [6, 6.07) is 13.0. The van der Waals surface area contributed by atoms with Gasteiger partial charge in [-0.15, -0.1) is 0 Å². The van der Waals surface area contributed by atoms with E-state index in [2.05, 4.69) is 55.7 Å². The van der Waals surface area contributed by atoms with E-state index in [1.54, 1.807) is 0 Å². The lowest BCUT2D eigenvalue weighted by Gasteiger charge is -2.26. The number of furan rings is 1. The van der Waals surface area contributed by atoms with Gasteiger partial charge in [0.05, 0.1) is 12.9 Å². The minimum atomic E-state index is 0.839. The number of anilines is 1. The summed E-state index contributed by atoms with van der Waals surface area (Å²) in [5, 5.41) is 0. The zero-order chi connectivity index (χ0) is 19.2. The highest BCUT2D eigenvalue weighted by Crippen LogP contribution is 2.26. The van der Waals surface area contributed by atoms with Crippen molar-refractivity contribution in [3.05, 3.63) is 72.2 Å². The lowest BCUT2D eigenvalue weighted by molar-refractivity contribution is 0.227. The molecule has 0 bridgehead atoms. The van der Waals surface area contributed by atoms with Crippen LogP contribution >= 0.6 is 0 Å². The maximum Gasteiger partial charge on any atom is 0.118 e. The van der Waals surface area contributed by atoms with Gasteiger partial charge in [0.25, 0.3) is 0 Å². The molecule has 1 fully saturated rings. The summed E-state index contributed by atoms with van der Waals surface area (Å²) >= 11 is 0. The number of nitrogens with zero attached hydrogens (tertiary/aromatic N) is 4. The van der Waals surface area contributed by atoms with Crippen molar-refractivity contribution in [3.63, 3.8) is 0 Å². The first-order chi connectivity index (χ1) is 13.8. The predicted molar refractivity (Wildman–Crippen MR) is 112 cm³/mol. The molecule has 4 rings (SSSR count). The summed E-state index contributed by atoms with van der Waals surface area (Å²) in [5.74, 6) is 2.02. The molecule has 28 heavy (non-hydrogen) atoms. The number of rotatable bonds is 9. The van der Waals surface area contributed by atoms with E-state index in [1.165, 1.54) is 37.2 Å². The molecule has 1 aromatic carbocycles. The van der Waals surface area contributed by atoms with Crippen molar-refractivity contribution in [1.29, 1.82) is 0 Å². The van der Waals surface area contributed by atoms with E-state index in [1.807, 2.05) is 25.6 Å². The number of benzene rings is 1. The molecule has 3 heterocycles. The van der Waals surface area contributed by atoms with Crippen molar-refractivity contribution < 1.29 is 4.42 Å². The van der Waals surface area contributed by atoms with Crippen LogP contribution in [0.25, 0.3) is 0 Å². The summed E-state index contributed by atoms with van der Waals surface area (Å²) in [5.41, 5.74) is 2.81. The van der Waals surface area contributed by atoms with E-state index >= 15 is 0 Å². The van der Waals surface area contributed by atoms with Crippen molar-refractivity contribution in [2.75, 3.05) is 24.5 Å². The summed E-state index contributed by atoms with van der Waals surface area (Å²) < 4.78 is 8.01. The first kappa shape index (κ1) is 18.8. The maximum atomic E-state index is 5.87. The van der Waals surface area contributed by atoms with E-state index in [4.69, 9.17) is 4.42 Å². The third kappa shape index (κ3) is 4.84. The Bertz CT molecular complexity index is 849. The van der Waals surface area contributed by atoms with E-state index in [0.717, 1.165) is 44.1 Å². The Kier molecular flexibility index (Phi) is 6.12. The van der Waals surface area contributed by atoms with Crippen molar-refractivity contribution >= 4 is 5.69 Å². The van der Waals surface area contributed by atoms with Gasteiger partial charge in [0, 0.05) is 50.8 Å². The van der Waals surface area contributed by atoms with E-state index in [9.17, 15) is 0 Å². The molecule has 3 aromatic rings. The fourth-order valence-electron chi connectivity index (χ4n) is 4.05. The third-order valence-corrected chi connectivity index (χ3v) is 5.46. The Morgan fingerprint density at radius 3 is 2.68 bits per heavy atom. The average molecular weight is 379 g/mol. The van der Waals surface area contributed by atoms with Gasteiger partial charge in [-0.05, 0) is 49.9 Å². The van der Waals surface area contributed by atoms with Crippen molar-refractivity contribution in [2.24, 2.45) is 0 Å². The van der Waals surface area contributed by atoms with Gasteiger partial charge in [0.2, 0.25) is 0 Å². The number of aromatic nitrogens is 2. The monoisotopic (exact) mass is 378 g/mol. The van der Waals surface area contributed by atoms with Crippen molar-refractivity contribution in [2.45, 2.75) is 45.8 Å². The van der Waals surface area contributed by atoms with Gasteiger partial charge in [0.15, 0.2) is 0 Å². The zero-order valence-electron chi connectivity index (χ0n) is 16.8. The Morgan fingerprint density at radius 2 is 1.93 bits per heavy atom. The van der Waals surface area contributed by atoms with Crippen LogP contribution in [0.5, 0.6) is 0 Å². The zero-order valence-corrected chi connectivity index (χ0v) is 16.8. The fourth-order valence-corrected chi connectivity index (χ4v) is 4.05. The van der Waals surface area contributed by atoms with Gasteiger partial charge < -0.3 is 13.9 Å². The Hall–Kier alpha value is -2.53. The van der Waals surface area contributed by atoms with Crippen LogP contribution in [-0.2, 0) is 19.6 Å². The normalized spacial score (nSPS) is 14.3. The van der Waals surface area contributed by atoms with Crippen LogP contribution < -0.4 is 4.90 Å². The average Bonchev–Trinajstić information content (AvgIpc) is 3.45. The second-order valence-corrected chi connectivity index (χ2v) is 7.70. The molecule has 5 heteroatoms. The molecule has 0 spiro atoms. The second kappa shape index (κ2) is 9.11. The molecular weight excluding hydrogens is 348 g/mol. The maximum absolute atomic E-state index is 5.87. The number of para-hydroxylation sites is 1. The highest BCUT2D eigenvalue weighted by atomic mass is 16.3. The van der Waals surface area contributed by atoms with Crippen LogP contribution in [-0.4, -0.2) is 34.1 Å². The molecule has 0 N–H and O–H groups in total. The third-order valence-electron chi connectivity index (χ3n) is 5.46. The fraction of sp³-hybridized carbons (Fsp3) is 0.435. The SMILES string of the molecule is Cc1ccc(CN(CCCn2ccnc2)Cc2ccccc2N2CCCC2)o1. The van der Waals surface area contributed by atoms with Gasteiger partial charge in [0.1, 0.15) is 11.5 Å². The largest absolute Gasteiger partial charge is 0.465 e. The lowest BCUT2D eigenvalue weighted by atomic mass is 10.1. The highest BCUT2D eigenvalue weighted by Gasteiger charge is 2.17. The molecule has 5 nitrogen and oxygen atoms in total. The van der Waals surface area contributed by atoms with Crippen molar-refractivity contribution in [3.8, 4) is 0 Å². The molecule has 0 unspecified atom stereocenters. The molecule has 0 saturated carbocycles. The van der Waals surface area contributed by atoms with Crippen molar-refractivity contribution in [1.82, 2.24) is 14.5 Å². The number of aryl methyl sites for hydroxylation is 2. The number of hydrogen-bond acceptors (Lipinski definition) is 4. The summed E-state index contributed by atoms with van der Waals surface area (Å²) in [4.78, 5) is 9.18. The van der Waals surface area contributed by atoms with Crippen LogP contribution in [0.3, 0.4) is 0 Å². The van der Waals surface area contributed by atoms with E-state index in [-0.39, 0.29) is 0 Å². The molecule has 0 aliphatic carbocycles. The van der Waals surface area contributed by atoms with Gasteiger partial charge in [-0.2, -0.15) is 0 Å². The van der Waals surface area contributed by atoms with Crippen LogP contribution in [0.15, 0.2) is 59.5 Å². The smallest absolute Gasteiger partial charge is 0.118 e. The molecule has 0 radical (unpaired) electrons. The van der Waals surface area contributed by atoms with Gasteiger partial charge in [-0.1, -0.05) is 18.2 Å². The van der Waals surface area contributed by atoms with Crippen LogP contribution in [0, 0.1) is 6.92 Å². The quantitative estimate of drug-likeness (QED) is 0.550. The predicted octanol–water partition coefficient (Wildman–Crippen LogP) is 4.48. The first-order valence-electron chi connectivity index (χ1n) is 10.3. The lowest BCUT2D eigenvalue weighted by Crippen LogP contribution is -2.27. The second-order valence-electron chi connectivity index (χ2n) is 7.70. The highest BCUT2D eigenvalue weighted by molar-refractivity contribution is 5.54.